The zero-order valence-electron chi connectivity index (χ0n) is 12.6. The van der Waals surface area contributed by atoms with Crippen LogP contribution in [0, 0.1) is 11.3 Å². The van der Waals surface area contributed by atoms with E-state index in [1.165, 1.54) is 0 Å². The Hall–Kier alpha value is -1.14. The van der Waals surface area contributed by atoms with Gasteiger partial charge in [-0.25, -0.2) is 0 Å². The van der Waals surface area contributed by atoms with Gasteiger partial charge in [-0.1, -0.05) is 13.8 Å². The van der Waals surface area contributed by atoms with Crippen LogP contribution < -0.4 is 10.6 Å². The number of ether oxygens (including phenoxy) is 1. The Bertz CT molecular complexity index is 344. The van der Waals surface area contributed by atoms with Crippen molar-refractivity contribution in [2.24, 2.45) is 11.3 Å². The van der Waals surface area contributed by atoms with Gasteiger partial charge in [-0.2, -0.15) is 0 Å². The van der Waals surface area contributed by atoms with Gasteiger partial charge in [0.15, 0.2) is 0 Å². The molecule has 0 spiro atoms. The lowest BCUT2D eigenvalue weighted by Crippen LogP contribution is -2.43. The minimum Gasteiger partial charge on any atom is -0.481 e. The Morgan fingerprint density at radius 1 is 1.30 bits per heavy atom. The Kier molecular flexibility index (Phi) is 6.42. The molecule has 116 valence electrons. The number of rotatable bonds is 8. The van der Waals surface area contributed by atoms with E-state index in [2.05, 4.69) is 10.6 Å². The molecule has 1 amide bonds. The molecule has 1 aliphatic rings. The normalized spacial score (nSPS) is 22.8. The van der Waals surface area contributed by atoms with Gasteiger partial charge in [-0.15, -0.1) is 0 Å². The molecule has 0 aliphatic carbocycles. The van der Waals surface area contributed by atoms with Crippen molar-refractivity contribution in [1.29, 1.82) is 0 Å². The number of carbonyl (C=O) groups excluding carboxylic acids is 1. The maximum absolute atomic E-state index is 12.0. The van der Waals surface area contributed by atoms with Crippen LogP contribution in [-0.4, -0.2) is 49.8 Å². The van der Waals surface area contributed by atoms with Gasteiger partial charge in [0.2, 0.25) is 5.91 Å². The fourth-order valence-electron chi connectivity index (χ4n) is 2.32. The van der Waals surface area contributed by atoms with Crippen molar-refractivity contribution in [3.8, 4) is 0 Å². The lowest BCUT2D eigenvalue weighted by molar-refractivity contribution is -0.137. The summed E-state index contributed by atoms with van der Waals surface area (Å²) in [5, 5.41) is 14.7. The van der Waals surface area contributed by atoms with Crippen molar-refractivity contribution in [2.75, 3.05) is 26.8 Å². The summed E-state index contributed by atoms with van der Waals surface area (Å²) in [6, 6.07) is 0.0787. The fraction of sp³-hybridized carbons (Fsp3) is 0.857. The van der Waals surface area contributed by atoms with Crippen LogP contribution in [0.3, 0.4) is 0 Å². The first-order chi connectivity index (χ1) is 9.35. The molecule has 1 aliphatic heterocycles. The van der Waals surface area contributed by atoms with Crippen LogP contribution >= 0.6 is 0 Å². The molecule has 6 nitrogen and oxygen atoms in total. The van der Waals surface area contributed by atoms with Crippen molar-refractivity contribution in [2.45, 2.75) is 39.2 Å². The van der Waals surface area contributed by atoms with Gasteiger partial charge in [0.25, 0.3) is 0 Å². The standard InChI is InChI=1S/C14H26N2O4/c1-14(2,5-4-12(17)18)6-7-16-13(19)10-8-20-9-11(10)15-3/h10-11,15H,4-9H2,1-3H3,(H,16,19)(H,17,18). The number of hydrogen-bond acceptors (Lipinski definition) is 4. The molecule has 0 aromatic rings. The first-order valence-electron chi connectivity index (χ1n) is 7.10. The van der Waals surface area contributed by atoms with Crippen molar-refractivity contribution in [3.05, 3.63) is 0 Å². The highest BCUT2D eigenvalue weighted by Gasteiger charge is 2.32. The summed E-state index contributed by atoms with van der Waals surface area (Å²) in [6.45, 7) is 5.64. The maximum atomic E-state index is 12.0. The average molecular weight is 286 g/mol. The van der Waals surface area contributed by atoms with Crippen LogP contribution in [0.2, 0.25) is 0 Å². The van der Waals surface area contributed by atoms with Crippen LogP contribution in [0.1, 0.15) is 33.1 Å². The molecule has 1 heterocycles. The molecular formula is C14H26N2O4. The molecule has 0 saturated carbocycles. The highest BCUT2D eigenvalue weighted by molar-refractivity contribution is 5.79. The Balaban J connectivity index is 2.29. The number of carboxylic acids is 1. The summed E-state index contributed by atoms with van der Waals surface area (Å²) in [4.78, 5) is 22.6. The third-order valence-corrected chi connectivity index (χ3v) is 3.90. The molecule has 1 rings (SSSR count). The quantitative estimate of drug-likeness (QED) is 0.609. The van der Waals surface area contributed by atoms with E-state index in [4.69, 9.17) is 9.84 Å². The van der Waals surface area contributed by atoms with E-state index in [0.29, 0.717) is 26.2 Å². The molecule has 3 N–H and O–H groups in total. The SMILES string of the molecule is CNC1COCC1C(=O)NCCC(C)(C)CCC(=O)O. The van der Waals surface area contributed by atoms with Crippen molar-refractivity contribution < 1.29 is 19.4 Å². The molecule has 2 unspecified atom stereocenters. The monoisotopic (exact) mass is 286 g/mol. The topological polar surface area (TPSA) is 87.7 Å². The lowest BCUT2D eigenvalue weighted by Gasteiger charge is -2.24. The molecule has 1 fully saturated rings. The zero-order chi connectivity index (χ0) is 15.2. The van der Waals surface area contributed by atoms with E-state index in [1.807, 2.05) is 20.9 Å². The molecule has 0 aromatic carbocycles. The summed E-state index contributed by atoms with van der Waals surface area (Å²) < 4.78 is 5.31. The van der Waals surface area contributed by atoms with E-state index in [1.54, 1.807) is 0 Å². The van der Waals surface area contributed by atoms with Crippen LogP contribution in [-0.2, 0) is 14.3 Å². The third-order valence-electron chi connectivity index (χ3n) is 3.90. The third kappa shape index (κ3) is 5.46. The van der Waals surface area contributed by atoms with Gasteiger partial charge in [0.1, 0.15) is 0 Å². The van der Waals surface area contributed by atoms with Gasteiger partial charge in [-0.05, 0) is 25.3 Å². The van der Waals surface area contributed by atoms with Crippen LogP contribution in [0.4, 0.5) is 0 Å². The average Bonchev–Trinajstić information content (AvgIpc) is 2.84. The van der Waals surface area contributed by atoms with Crippen LogP contribution in [0.15, 0.2) is 0 Å². The predicted molar refractivity (Wildman–Crippen MR) is 75.4 cm³/mol. The highest BCUT2D eigenvalue weighted by Crippen LogP contribution is 2.26. The van der Waals surface area contributed by atoms with Crippen molar-refractivity contribution >= 4 is 11.9 Å². The number of nitrogens with one attached hydrogen (secondary N) is 2. The second-order valence-electron chi connectivity index (χ2n) is 6.14. The smallest absolute Gasteiger partial charge is 0.303 e. The van der Waals surface area contributed by atoms with Gasteiger partial charge in [0.05, 0.1) is 19.1 Å². The molecule has 0 bridgehead atoms. The summed E-state index contributed by atoms with van der Waals surface area (Å²) >= 11 is 0. The summed E-state index contributed by atoms with van der Waals surface area (Å²) in [5.74, 6) is -0.903. The molecular weight excluding hydrogens is 260 g/mol. The predicted octanol–water partition coefficient (Wildman–Crippen LogP) is 0.618. The second-order valence-corrected chi connectivity index (χ2v) is 6.14. The molecule has 6 heteroatoms. The molecule has 20 heavy (non-hydrogen) atoms. The Morgan fingerprint density at radius 3 is 2.60 bits per heavy atom. The number of amides is 1. The van der Waals surface area contributed by atoms with E-state index in [9.17, 15) is 9.59 Å². The van der Waals surface area contributed by atoms with Crippen molar-refractivity contribution in [1.82, 2.24) is 10.6 Å². The number of hydrogen-bond donors (Lipinski definition) is 3. The van der Waals surface area contributed by atoms with E-state index in [0.717, 1.165) is 6.42 Å². The Morgan fingerprint density at radius 2 is 2.00 bits per heavy atom. The fourth-order valence-corrected chi connectivity index (χ4v) is 2.32. The first kappa shape index (κ1) is 16.9. The maximum Gasteiger partial charge on any atom is 0.303 e. The minimum atomic E-state index is -0.776. The van der Waals surface area contributed by atoms with Crippen molar-refractivity contribution in [3.63, 3.8) is 0 Å². The Labute approximate surface area is 120 Å². The first-order valence-corrected chi connectivity index (χ1v) is 7.10. The lowest BCUT2D eigenvalue weighted by atomic mass is 9.84. The molecule has 2 atom stereocenters. The van der Waals surface area contributed by atoms with Gasteiger partial charge < -0.3 is 20.5 Å². The highest BCUT2D eigenvalue weighted by atomic mass is 16.5. The van der Waals surface area contributed by atoms with Crippen LogP contribution in [0.25, 0.3) is 0 Å². The number of likely N-dealkylation sites (N-methyl/N-ethyl adjacent to an activating group) is 1. The summed E-state index contributed by atoms with van der Waals surface area (Å²) in [5.41, 5.74) is -0.0831. The molecule has 0 aromatic heterocycles. The molecule has 0 radical (unpaired) electrons. The minimum absolute atomic E-state index is 0.0101. The summed E-state index contributed by atoms with van der Waals surface area (Å²) in [7, 11) is 1.83. The van der Waals surface area contributed by atoms with Crippen LogP contribution in [0.5, 0.6) is 0 Å². The second kappa shape index (κ2) is 7.59. The van der Waals surface area contributed by atoms with E-state index in [-0.39, 0.29) is 29.7 Å². The molecule has 1 saturated heterocycles. The van der Waals surface area contributed by atoms with E-state index < -0.39 is 5.97 Å². The largest absolute Gasteiger partial charge is 0.481 e. The zero-order valence-corrected chi connectivity index (χ0v) is 12.6. The van der Waals surface area contributed by atoms with Gasteiger partial charge >= 0.3 is 5.97 Å². The number of carboxylic acid groups (broad SMARTS) is 1. The van der Waals surface area contributed by atoms with Gasteiger partial charge in [0, 0.05) is 19.0 Å². The number of carbonyl (C=O) groups is 2. The summed E-state index contributed by atoms with van der Waals surface area (Å²) in [6.07, 6.45) is 1.55. The van der Waals surface area contributed by atoms with E-state index >= 15 is 0 Å². The van der Waals surface area contributed by atoms with Gasteiger partial charge in [-0.3, -0.25) is 9.59 Å². The number of aliphatic carboxylic acids is 1.